The molecule has 3 nitrogen and oxygen atoms in total. The molecule has 4 heteroatoms. The Labute approximate surface area is 42.7 Å². The minimum Gasteiger partial charge on any atom is -0.163 e. The van der Waals surface area contributed by atoms with Crippen molar-refractivity contribution in [2.45, 2.75) is 0 Å². The van der Waals surface area contributed by atoms with Crippen molar-refractivity contribution < 1.29 is 8.42 Å². The van der Waals surface area contributed by atoms with Gasteiger partial charge in [-0.1, -0.05) is 6.58 Å². The van der Waals surface area contributed by atoms with E-state index in [9.17, 15) is 8.42 Å². The standard InChI is InChI=1S/C3H3NO2S/c1-2-3-4-7(5)6/h3H,1H2. The van der Waals surface area contributed by atoms with Gasteiger partial charge in [0.15, 0.2) is 0 Å². The minimum absolute atomic E-state index is 0.975. The van der Waals surface area contributed by atoms with E-state index in [-0.39, 0.29) is 0 Å². The summed E-state index contributed by atoms with van der Waals surface area (Å²) in [6.45, 7) is 3.08. The molecule has 0 radical (unpaired) electrons. The Morgan fingerprint density at radius 2 is 2.29 bits per heavy atom. The molecule has 0 bridgehead atoms. The highest BCUT2D eigenvalue weighted by molar-refractivity contribution is 7.61. The summed E-state index contributed by atoms with van der Waals surface area (Å²) in [5.41, 5.74) is 2.16. The zero-order valence-electron chi connectivity index (χ0n) is 3.46. The molecule has 0 spiro atoms. The van der Waals surface area contributed by atoms with Gasteiger partial charge in [-0.15, -0.1) is 10.1 Å². The van der Waals surface area contributed by atoms with Gasteiger partial charge in [0.1, 0.15) is 0 Å². The van der Waals surface area contributed by atoms with Crippen molar-refractivity contribution in [3.8, 4) is 0 Å². The van der Waals surface area contributed by atoms with Crippen molar-refractivity contribution in [2.24, 2.45) is 4.36 Å². The number of hydrogen-bond acceptors (Lipinski definition) is 3. The molecule has 0 unspecified atom stereocenters. The third kappa shape index (κ3) is 5.14. The number of hydrogen-bond donors (Lipinski definition) is 0. The second kappa shape index (κ2) is 3.33. The molecule has 7 heavy (non-hydrogen) atoms. The average molecular weight is 117 g/mol. The fourth-order valence-electron chi connectivity index (χ4n) is 0.0803. The van der Waals surface area contributed by atoms with Crippen molar-refractivity contribution >= 4 is 10.5 Å². The summed E-state index contributed by atoms with van der Waals surface area (Å²) in [6, 6.07) is 0. The molecule has 0 saturated heterocycles. The van der Waals surface area contributed by atoms with Crippen LogP contribution in [0.4, 0.5) is 0 Å². The first-order chi connectivity index (χ1) is 3.27. The molecule has 0 N–H and O–H groups in total. The largest absolute Gasteiger partial charge is 0.316 e. The van der Waals surface area contributed by atoms with Crippen LogP contribution >= 0.6 is 0 Å². The van der Waals surface area contributed by atoms with Gasteiger partial charge in [-0.3, -0.25) is 0 Å². The van der Waals surface area contributed by atoms with Crippen molar-refractivity contribution in [3.63, 3.8) is 0 Å². The third-order valence-corrected chi connectivity index (χ3v) is 0.508. The summed E-state index contributed by atoms with van der Waals surface area (Å²) in [6.07, 6.45) is 0.975. The quantitative estimate of drug-likeness (QED) is 0.465. The van der Waals surface area contributed by atoms with Crippen LogP contribution in [0.5, 0.6) is 0 Å². The van der Waals surface area contributed by atoms with E-state index in [0.29, 0.717) is 0 Å². The zero-order valence-corrected chi connectivity index (χ0v) is 4.27. The first-order valence-corrected chi connectivity index (χ1v) is 2.45. The summed E-state index contributed by atoms with van der Waals surface area (Å²) >= 11 is 0. The van der Waals surface area contributed by atoms with Crippen LogP contribution in [0.2, 0.25) is 0 Å². The van der Waals surface area contributed by atoms with Crippen LogP contribution in [-0.4, -0.2) is 8.42 Å². The Bertz CT molecular complexity index is 199. The van der Waals surface area contributed by atoms with Crippen molar-refractivity contribution in [1.29, 1.82) is 0 Å². The van der Waals surface area contributed by atoms with Gasteiger partial charge in [0.2, 0.25) is 0 Å². The second-order valence-corrected chi connectivity index (χ2v) is 1.30. The fraction of sp³-hybridized carbons (Fsp3) is 0. The predicted molar refractivity (Wildman–Crippen MR) is 25.1 cm³/mol. The lowest BCUT2D eigenvalue weighted by atomic mass is 10.9. The van der Waals surface area contributed by atoms with E-state index in [1.54, 1.807) is 0 Å². The molecule has 38 valence electrons. The van der Waals surface area contributed by atoms with Crippen LogP contribution in [0.15, 0.2) is 22.9 Å². The maximum atomic E-state index is 9.49. The topological polar surface area (TPSA) is 46.5 Å². The molecule has 0 atom stereocenters. The third-order valence-electron chi connectivity index (χ3n) is 0.230. The predicted octanol–water partition coefficient (Wildman–Crippen LogP) is 0.348. The molecule has 0 aromatic rings. The SMILES string of the molecule is C=C=CN=S(=O)=O. The first-order valence-electron chi connectivity index (χ1n) is 1.42. The van der Waals surface area contributed by atoms with Gasteiger partial charge in [-0.05, 0) is 0 Å². The molecule has 0 aromatic carbocycles. The Hall–Kier alpha value is -0.860. The summed E-state index contributed by atoms with van der Waals surface area (Å²) in [7, 11) is -2.35. The van der Waals surface area contributed by atoms with Gasteiger partial charge >= 0.3 is 10.5 Å². The normalized spacial score (nSPS) is 6.29. The minimum atomic E-state index is -2.35. The molecule has 0 rings (SSSR count). The Balaban J connectivity index is 4.27. The Morgan fingerprint density at radius 3 is 2.43 bits per heavy atom. The van der Waals surface area contributed by atoms with E-state index < -0.39 is 10.5 Å². The smallest absolute Gasteiger partial charge is 0.163 e. The van der Waals surface area contributed by atoms with Gasteiger partial charge in [0, 0.05) is 0 Å². The second-order valence-electron chi connectivity index (χ2n) is 0.656. The molecule has 0 aromatic heterocycles. The van der Waals surface area contributed by atoms with Crippen LogP contribution in [0.25, 0.3) is 0 Å². The monoisotopic (exact) mass is 117 g/mol. The van der Waals surface area contributed by atoms with Crippen LogP contribution in [0, 0.1) is 0 Å². The lowest BCUT2D eigenvalue weighted by molar-refractivity contribution is 0.622. The average Bonchev–Trinajstić information content (AvgIpc) is 1.61. The van der Waals surface area contributed by atoms with E-state index in [0.717, 1.165) is 6.20 Å². The molecular formula is C3H3NO2S. The van der Waals surface area contributed by atoms with Gasteiger partial charge < -0.3 is 0 Å². The summed E-state index contributed by atoms with van der Waals surface area (Å²) < 4.78 is 21.8. The van der Waals surface area contributed by atoms with E-state index in [1.165, 1.54) is 0 Å². The Kier molecular flexibility index (Phi) is 2.92. The van der Waals surface area contributed by atoms with Crippen LogP contribution in [0.3, 0.4) is 0 Å². The highest BCUT2D eigenvalue weighted by Crippen LogP contribution is 1.62. The summed E-state index contributed by atoms with van der Waals surface area (Å²) in [5, 5.41) is 0. The maximum Gasteiger partial charge on any atom is 0.316 e. The lowest BCUT2D eigenvalue weighted by Crippen LogP contribution is -1.47. The van der Waals surface area contributed by atoms with Gasteiger partial charge in [0.05, 0.1) is 6.20 Å². The van der Waals surface area contributed by atoms with Gasteiger partial charge in [0.25, 0.3) is 0 Å². The first kappa shape index (κ1) is 6.14. The van der Waals surface area contributed by atoms with Crippen LogP contribution in [-0.2, 0) is 10.5 Å². The fourth-order valence-corrected chi connectivity index (χ4v) is 0.241. The summed E-state index contributed by atoms with van der Waals surface area (Å²) in [4.78, 5) is 0. The molecular weight excluding hydrogens is 114 g/mol. The van der Waals surface area contributed by atoms with E-state index in [4.69, 9.17) is 0 Å². The zero-order chi connectivity index (χ0) is 5.70. The molecule has 0 saturated carbocycles. The van der Waals surface area contributed by atoms with Crippen molar-refractivity contribution in [2.75, 3.05) is 0 Å². The molecule has 0 aliphatic carbocycles. The Morgan fingerprint density at radius 1 is 1.71 bits per heavy atom. The van der Waals surface area contributed by atoms with E-state index in [2.05, 4.69) is 16.7 Å². The maximum absolute atomic E-state index is 9.49. The highest BCUT2D eigenvalue weighted by Gasteiger charge is 1.55. The number of nitrogens with zero attached hydrogens (tertiary/aromatic N) is 1. The highest BCUT2D eigenvalue weighted by atomic mass is 32.2. The van der Waals surface area contributed by atoms with Crippen LogP contribution in [0.1, 0.15) is 0 Å². The molecule has 0 aliphatic rings. The van der Waals surface area contributed by atoms with Crippen molar-refractivity contribution in [1.82, 2.24) is 0 Å². The molecule has 0 fully saturated rings. The van der Waals surface area contributed by atoms with Crippen molar-refractivity contribution in [3.05, 3.63) is 18.5 Å². The molecule has 0 aliphatic heterocycles. The number of rotatable bonds is 1. The summed E-state index contributed by atoms with van der Waals surface area (Å²) in [5.74, 6) is 0. The van der Waals surface area contributed by atoms with E-state index in [1.807, 2.05) is 0 Å². The van der Waals surface area contributed by atoms with Gasteiger partial charge in [-0.2, -0.15) is 8.42 Å². The van der Waals surface area contributed by atoms with Crippen LogP contribution < -0.4 is 0 Å². The molecule has 0 amide bonds. The lowest BCUT2D eigenvalue weighted by Gasteiger charge is -1.50. The van der Waals surface area contributed by atoms with E-state index >= 15 is 0 Å². The van der Waals surface area contributed by atoms with Gasteiger partial charge in [-0.25, -0.2) is 0 Å². The molecule has 0 heterocycles.